The predicted molar refractivity (Wildman–Crippen MR) is 110 cm³/mol. The van der Waals surface area contributed by atoms with E-state index in [-0.39, 0.29) is 23.4 Å². The molecule has 0 atom stereocenters. The first-order valence-corrected chi connectivity index (χ1v) is 9.90. The standard InChI is InChI=1S/C21H24N2O3S/c1-3-4-8-20(25)23-18-6-5-7-19(13-18)27-14-21(26)22-17-11-9-16(10-12-17)15(2)24/h5-7,9-13H,3-4,8,14H2,1-2H3,(H,22,26)(H,23,25). The zero-order chi connectivity index (χ0) is 19.6. The minimum Gasteiger partial charge on any atom is -0.326 e. The summed E-state index contributed by atoms with van der Waals surface area (Å²) in [6.07, 6.45) is 2.36. The Kier molecular flexibility index (Phi) is 8.07. The number of carbonyl (C=O) groups is 3. The van der Waals surface area contributed by atoms with Crippen molar-refractivity contribution >= 4 is 40.7 Å². The molecule has 27 heavy (non-hydrogen) atoms. The van der Waals surface area contributed by atoms with Gasteiger partial charge in [-0.2, -0.15) is 0 Å². The molecule has 2 rings (SSSR count). The maximum absolute atomic E-state index is 12.1. The van der Waals surface area contributed by atoms with Crippen LogP contribution in [0.1, 0.15) is 43.5 Å². The lowest BCUT2D eigenvalue weighted by atomic mass is 10.1. The number of carbonyl (C=O) groups excluding carboxylic acids is 3. The van der Waals surface area contributed by atoms with Crippen molar-refractivity contribution in [2.24, 2.45) is 0 Å². The Bertz CT molecular complexity index is 803. The van der Waals surface area contributed by atoms with Gasteiger partial charge in [0.15, 0.2) is 5.78 Å². The Morgan fingerprint density at radius 2 is 1.63 bits per heavy atom. The van der Waals surface area contributed by atoms with Gasteiger partial charge in [0.2, 0.25) is 11.8 Å². The zero-order valence-corrected chi connectivity index (χ0v) is 16.4. The molecule has 6 heteroatoms. The summed E-state index contributed by atoms with van der Waals surface area (Å²) in [5.74, 6) is 0.116. The maximum atomic E-state index is 12.1. The number of hydrogen-bond acceptors (Lipinski definition) is 4. The van der Waals surface area contributed by atoms with Crippen LogP contribution >= 0.6 is 11.8 Å². The van der Waals surface area contributed by atoms with Crippen molar-refractivity contribution in [3.63, 3.8) is 0 Å². The van der Waals surface area contributed by atoms with Gasteiger partial charge in [0.25, 0.3) is 0 Å². The van der Waals surface area contributed by atoms with Gasteiger partial charge in [0, 0.05) is 28.3 Å². The summed E-state index contributed by atoms with van der Waals surface area (Å²) in [7, 11) is 0. The topological polar surface area (TPSA) is 75.3 Å². The quantitative estimate of drug-likeness (QED) is 0.483. The predicted octanol–water partition coefficient (Wildman–Crippen LogP) is 4.75. The van der Waals surface area contributed by atoms with Crippen LogP contribution in [0.25, 0.3) is 0 Å². The molecular weight excluding hydrogens is 360 g/mol. The molecule has 0 unspecified atom stereocenters. The Balaban J connectivity index is 1.84. The Morgan fingerprint density at radius 1 is 0.926 bits per heavy atom. The third kappa shape index (κ3) is 7.27. The molecule has 0 aromatic heterocycles. The molecule has 0 spiro atoms. The molecular formula is C21H24N2O3S. The van der Waals surface area contributed by atoms with Crippen molar-refractivity contribution in [3.05, 3.63) is 54.1 Å². The van der Waals surface area contributed by atoms with Crippen molar-refractivity contribution in [2.75, 3.05) is 16.4 Å². The highest BCUT2D eigenvalue weighted by Gasteiger charge is 2.07. The molecule has 5 nitrogen and oxygen atoms in total. The van der Waals surface area contributed by atoms with Crippen LogP contribution in [-0.4, -0.2) is 23.4 Å². The number of nitrogens with one attached hydrogen (secondary N) is 2. The SMILES string of the molecule is CCCCC(=O)Nc1cccc(SCC(=O)Nc2ccc(C(C)=O)cc2)c1. The van der Waals surface area contributed by atoms with Gasteiger partial charge in [-0.3, -0.25) is 14.4 Å². The highest BCUT2D eigenvalue weighted by Crippen LogP contribution is 2.22. The zero-order valence-electron chi connectivity index (χ0n) is 15.6. The average Bonchev–Trinajstić information content (AvgIpc) is 2.65. The minimum absolute atomic E-state index is 0.00532. The number of unbranched alkanes of at least 4 members (excludes halogenated alkanes) is 1. The fourth-order valence-electron chi connectivity index (χ4n) is 2.36. The third-order valence-electron chi connectivity index (χ3n) is 3.82. The number of anilines is 2. The van der Waals surface area contributed by atoms with Gasteiger partial charge in [-0.25, -0.2) is 0 Å². The summed E-state index contributed by atoms with van der Waals surface area (Å²) >= 11 is 1.40. The Hall–Kier alpha value is -2.60. The molecule has 0 radical (unpaired) electrons. The number of rotatable bonds is 9. The normalized spacial score (nSPS) is 10.3. The number of Topliss-reactive ketones (excluding diaryl/α,β-unsaturated/α-hetero) is 1. The summed E-state index contributed by atoms with van der Waals surface area (Å²) < 4.78 is 0. The molecule has 0 aliphatic carbocycles. The number of thioether (sulfide) groups is 1. The summed E-state index contributed by atoms with van der Waals surface area (Å²) in [6.45, 7) is 3.55. The number of benzene rings is 2. The molecule has 0 saturated carbocycles. The molecule has 2 aromatic rings. The fourth-order valence-corrected chi connectivity index (χ4v) is 3.11. The molecule has 2 amide bonds. The van der Waals surface area contributed by atoms with E-state index in [4.69, 9.17) is 0 Å². The van der Waals surface area contributed by atoms with Crippen LogP contribution in [0.4, 0.5) is 11.4 Å². The van der Waals surface area contributed by atoms with Gasteiger partial charge in [0.05, 0.1) is 5.75 Å². The first-order chi connectivity index (χ1) is 13.0. The van der Waals surface area contributed by atoms with Gasteiger partial charge < -0.3 is 10.6 Å². The number of ketones is 1. The largest absolute Gasteiger partial charge is 0.326 e. The second-order valence-electron chi connectivity index (χ2n) is 6.15. The van der Waals surface area contributed by atoms with E-state index in [0.29, 0.717) is 17.7 Å². The Labute approximate surface area is 163 Å². The molecule has 0 aliphatic rings. The van der Waals surface area contributed by atoms with Crippen molar-refractivity contribution < 1.29 is 14.4 Å². The molecule has 0 heterocycles. The maximum Gasteiger partial charge on any atom is 0.234 e. The minimum atomic E-state index is -0.132. The first kappa shape index (κ1) is 20.7. The smallest absolute Gasteiger partial charge is 0.234 e. The van der Waals surface area contributed by atoms with Gasteiger partial charge in [-0.15, -0.1) is 11.8 Å². The van der Waals surface area contributed by atoms with E-state index < -0.39 is 0 Å². The van der Waals surface area contributed by atoms with Gasteiger partial charge in [0.1, 0.15) is 0 Å². The second-order valence-corrected chi connectivity index (χ2v) is 7.20. The molecule has 0 bridgehead atoms. The molecule has 0 saturated heterocycles. The molecule has 142 valence electrons. The number of hydrogen-bond donors (Lipinski definition) is 2. The van der Waals surface area contributed by atoms with Crippen LogP contribution in [0, 0.1) is 0 Å². The van der Waals surface area contributed by atoms with Gasteiger partial charge >= 0.3 is 0 Å². The van der Waals surface area contributed by atoms with Crippen LogP contribution in [0.5, 0.6) is 0 Å². The van der Waals surface area contributed by atoms with Crippen molar-refractivity contribution in [3.8, 4) is 0 Å². The lowest BCUT2D eigenvalue weighted by Gasteiger charge is -2.08. The Morgan fingerprint density at radius 3 is 2.30 bits per heavy atom. The summed E-state index contributed by atoms with van der Waals surface area (Å²) in [5, 5.41) is 5.69. The molecule has 2 aromatic carbocycles. The lowest BCUT2D eigenvalue weighted by molar-refractivity contribution is -0.116. The van der Waals surface area contributed by atoms with Crippen molar-refractivity contribution in [1.82, 2.24) is 0 Å². The van der Waals surface area contributed by atoms with Gasteiger partial charge in [-0.1, -0.05) is 19.4 Å². The molecule has 0 fully saturated rings. The van der Waals surface area contributed by atoms with Crippen molar-refractivity contribution in [2.45, 2.75) is 38.0 Å². The molecule has 2 N–H and O–H groups in total. The van der Waals surface area contributed by atoms with Crippen LogP contribution in [0.15, 0.2) is 53.4 Å². The van der Waals surface area contributed by atoms with E-state index >= 15 is 0 Å². The lowest BCUT2D eigenvalue weighted by Crippen LogP contribution is -2.14. The van der Waals surface area contributed by atoms with Crippen LogP contribution in [-0.2, 0) is 9.59 Å². The van der Waals surface area contributed by atoms with Gasteiger partial charge in [-0.05, 0) is 55.8 Å². The summed E-state index contributed by atoms with van der Waals surface area (Å²) in [4.78, 5) is 36.1. The number of amides is 2. The van der Waals surface area contributed by atoms with E-state index in [0.717, 1.165) is 23.4 Å². The van der Waals surface area contributed by atoms with E-state index in [1.807, 2.05) is 31.2 Å². The fraction of sp³-hybridized carbons (Fsp3) is 0.286. The van der Waals surface area contributed by atoms with E-state index in [2.05, 4.69) is 10.6 Å². The van der Waals surface area contributed by atoms with Crippen molar-refractivity contribution in [1.29, 1.82) is 0 Å². The first-order valence-electron chi connectivity index (χ1n) is 8.91. The molecule has 0 aliphatic heterocycles. The summed E-state index contributed by atoms with van der Waals surface area (Å²) in [5.41, 5.74) is 2.00. The monoisotopic (exact) mass is 384 g/mol. The van der Waals surface area contributed by atoms with Crippen LogP contribution < -0.4 is 10.6 Å². The van der Waals surface area contributed by atoms with E-state index in [1.165, 1.54) is 18.7 Å². The average molecular weight is 385 g/mol. The highest BCUT2D eigenvalue weighted by molar-refractivity contribution is 8.00. The third-order valence-corrected chi connectivity index (χ3v) is 4.81. The van der Waals surface area contributed by atoms with E-state index in [1.54, 1.807) is 24.3 Å². The van der Waals surface area contributed by atoms with E-state index in [9.17, 15) is 14.4 Å². The second kappa shape index (κ2) is 10.5. The van der Waals surface area contributed by atoms with Crippen LogP contribution in [0.3, 0.4) is 0 Å². The summed E-state index contributed by atoms with van der Waals surface area (Å²) in [6, 6.07) is 14.3. The van der Waals surface area contributed by atoms with Crippen LogP contribution in [0.2, 0.25) is 0 Å². The highest BCUT2D eigenvalue weighted by atomic mass is 32.2.